The van der Waals surface area contributed by atoms with Crippen LogP contribution in [0.2, 0.25) is 0 Å². The number of hydrogen-bond donors (Lipinski definition) is 0. The Balaban J connectivity index is -0.00000000900. The van der Waals surface area contributed by atoms with Gasteiger partial charge in [-0.05, 0) is 0 Å². The van der Waals surface area contributed by atoms with Crippen molar-refractivity contribution < 1.29 is 0 Å². The summed E-state index contributed by atoms with van der Waals surface area (Å²) in [6, 6.07) is 0. The van der Waals surface area contributed by atoms with Crippen LogP contribution in [0.5, 0.6) is 0 Å². The lowest BCUT2D eigenvalue weighted by molar-refractivity contribution is 1.50. The Kier molecular flexibility index (Phi) is 226000. The van der Waals surface area contributed by atoms with Gasteiger partial charge in [0.1, 0.15) is 0 Å². The molecule has 0 saturated heterocycles. The first-order valence-electron chi connectivity index (χ1n) is 5.33. The van der Waals surface area contributed by atoms with Crippen LogP contribution in [0, 0.1) is 0 Å². The molecule has 4 radical (unpaired) electrons. The van der Waals surface area contributed by atoms with Crippen molar-refractivity contribution in [3.05, 3.63) is 0 Å². The van der Waals surface area contributed by atoms with E-state index in [1.54, 1.807) is 0 Å². The van der Waals surface area contributed by atoms with E-state index in [1.165, 1.54) is 0 Å². The maximum absolute atomic E-state index is 4.00. The van der Waals surface area contributed by atoms with Gasteiger partial charge in [-0.2, -0.15) is 0 Å². The zero-order valence-electron chi connectivity index (χ0n) is 11.2. The molecule has 0 aromatic heterocycles. The third-order valence-corrected chi connectivity index (χ3v) is 0. The standard InChI is InChI=1S/5C2H6.B2/c6*1-2/h5*1-2H3;. The van der Waals surface area contributed by atoms with E-state index in [0.29, 0.717) is 0 Å². The van der Waals surface area contributed by atoms with Crippen LogP contribution in [0.4, 0.5) is 0 Å². The fraction of sp³-hybridized carbons (Fsp3) is 1.00. The third kappa shape index (κ3) is 50100. The van der Waals surface area contributed by atoms with Crippen LogP contribution in [-0.2, 0) is 0 Å². The predicted octanol–water partition coefficient (Wildman–Crippen LogP) is 4.37. The van der Waals surface area contributed by atoms with E-state index in [9.17, 15) is 0 Å². The normalized spacial score (nSPS) is 2.83. The third-order valence-electron chi connectivity index (χ3n) is 0. The van der Waals surface area contributed by atoms with Crippen LogP contribution in [0.3, 0.4) is 0 Å². The minimum absolute atomic E-state index is 2.00. The molecular weight excluding hydrogens is 142 g/mol. The highest BCUT2D eigenvalue weighted by atomic mass is 13.0. The zero-order valence-corrected chi connectivity index (χ0v) is 11.2. The minimum atomic E-state index is 2.00. The highest BCUT2D eigenvalue weighted by Gasteiger charge is 1.00. The van der Waals surface area contributed by atoms with Crippen molar-refractivity contribution in [2.75, 3.05) is 0 Å². The second-order valence-corrected chi connectivity index (χ2v) is 0. The molecular formula is C10H30B2. The Bertz CT molecular complexity index is 7.80. The van der Waals surface area contributed by atoms with Gasteiger partial charge in [-0.1, -0.05) is 69.2 Å². The lowest BCUT2D eigenvalue weighted by Gasteiger charge is -1.07. The fourth-order valence-electron chi connectivity index (χ4n) is 0. The van der Waals surface area contributed by atoms with Gasteiger partial charge >= 0.3 is 0 Å². The summed E-state index contributed by atoms with van der Waals surface area (Å²) in [6.45, 7) is 20.0. The van der Waals surface area contributed by atoms with E-state index in [0.717, 1.165) is 0 Å². The lowest BCUT2D eigenvalue weighted by Crippen LogP contribution is -1.38. The molecule has 2 heteroatoms. The zero-order chi connectivity index (χ0) is 12.0. The Labute approximate surface area is 85.3 Å². The average molecular weight is 172 g/mol. The average Bonchev–Trinajstić information content (AvgIpc) is 2.33. The van der Waals surface area contributed by atoms with Gasteiger partial charge in [-0.25, -0.2) is 0 Å². The number of hydrogen-bond acceptors (Lipinski definition) is 0. The molecule has 0 aromatic rings. The molecule has 76 valence electrons. The predicted molar refractivity (Wildman–Crippen MR) is 68.2 cm³/mol. The Hall–Kier alpha value is 0.130. The molecule has 0 aliphatic rings. The molecule has 0 amide bonds. The Morgan fingerprint density at radius 2 is 0.333 bits per heavy atom. The fourth-order valence-corrected chi connectivity index (χ4v) is 0. The first-order valence-corrected chi connectivity index (χ1v) is 5.33. The number of rotatable bonds is 0. The first-order chi connectivity index (χ1) is 6.00. The quantitative estimate of drug-likeness (QED) is 0.476. The monoisotopic (exact) mass is 172 g/mol. The van der Waals surface area contributed by atoms with Gasteiger partial charge in [0.25, 0.3) is 0 Å². The van der Waals surface area contributed by atoms with Gasteiger partial charge in [0.2, 0.25) is 0 Å². The molecule has 0 heterocycles. The largest absolute Gasteiger partial charge is 0.0683 e. The molecule has 0 saturated carbocycles. The molecule has 0 nitrogen and oxygen atoms in total. The summed E-state index contributed by atoms with van der Waals surface area (Å²) in [5.74, 6) is 0. The van der Waals surface area contributed by atoms with E-state index in [1.807, 2.05) is 69.2 Å². The van der Waals surface area contributed by atoms with Crippen LogP contribution in [-0.4, -0.2) is 15.5 Å². The molecule has 0 unspecified atom stereocenters. The summed E-state index contributed by atoms with van der Waals surface area (Å²) >= 11 is 0. The van der Waals surface area contributed by atoms with Crippen molar-refractivity contribution in [2.45, 2.75) is 69.2 Å². The van der Waals surface area contributed by atoms with Gasteiger partial charge < -0.3 is 0 Å². The van der Waals surface area contributed by atoms with Gasteiger partial charge in [0.05, 0.1) is 0 Å². The molecule has 0 atom stereocenters. The summed E-state index contributed by atoms with van der Waals surface area (Å²) < 4.78 is 0. The SMILES string of the molecule is CC.CC.CC.CC.CC.[B][B]. The van der Waals surface area contributed by atoms with Crippen LogP contribution >= 0.6 is 0 Å². The second kappa shape index (κ2) is 67700. The summed E-state index contributed by atoms with van der Waals surface area (Å²) in [4.78, 5) is 0. The van der Waals surface area contributed by atoms with Crippen LogP contribution in [0.25, 0.3) is 0 Å². The van der Waals surface area contributed by atoms with E-state index < -0.39 is 0 Å². The van der Waals surface area contributed by atoms with E-state index in [-0.39, 0.29) is 0 Å². The van der Waals surface area contributed by atoms with Gasteiger partial charge in [-0.3, -0.25) is 0 Å². The molecule has 0 N–H and O–H groups in total. The van der Waals surface area contributed by atoms with Crippen molar-refractivity contribution in [3.8, 4) is 0 Å². The summed E-state index contributed by atoms with van der Waals surface area (Å²) in [6.07, 6.45) is 0. The van der Waals surface area contributed by atoms with Gasteiger partial charge in [0.15, 0.2) is 0 Å². The van der Waals surface area contributed by atoms with Crippen molar-refractivity contribution in [2.24, 2.45) is 0 Å². The van der Waals surface area contributed by atoms with Gasteiger partial charge in [0, 0.05) is 15.5 Å². The maximum Gasteiger partial charge on any atom is 0 e. The molecule has 0 fully saturated rings. The smallest absolute Gasteiger partial charge is 0 e. The second-order valence-electron chi connectivity index (χ2n) is 0. The first kappa shape index (κ1) is 40.0. The molecule has 12 heavy (non-hydrogen) atoms. The highest BCUT2D eigenvalue weighted by Crippen LogP contribution is 1.15. The molecule has 0 aromatic carbocycles. The highest BCUT2D eigenvalue weighted by molar-refractivity contribution is 6.75. The van der Waals surface area contributed by atoms with E-state index in [4.69, 9.17) is 0 Å². The summed E-state index contributed by atoms with van der Waals surface area (Å²) in [5, 5.41) is 0. The summed E-state index contributed by atoms with van der Waals surface area (Å²) in [7, 11) is 8.00. The van der Waals surface area contributed by atoms with Crippen molar-refractivity contribution >= 4 is 15.5 Å². The Morgan fingerprint density at radius 3 is 0.333 bits per heavy atom. The van der Waals surface area contributed by atoms with Crippen molar-refractivity contribution in [3.63, 3.8) is 0 Å². The molecule has 0 bridgehead atoms. The van der Waals surface area contributed by atoms with Crippen LogP contribution in [0.1, 0.15) is 69.2 Å². The van der Waals surface area contributed by atoms with Crippen molar-refractivity contribution in [1.82, 2.24) is 0 Å². The molecule has 0 aliphatic heterocycles. The molecule has 0 spiro atoms. The van der Waals surface area contributed by atoms with E-state index >= 15 is 0 Å². The topological polar surface area (TPSA) is 0 Å². The van der Waals surface area contributed by atoms with Gasteiger partial charge in [-0.15, -0.1) is 0 Å². The molecule has 0 aliphatic carbocycles. The summed E-state index contributed by atoms with van der Waals surface area (Å²) in [5.41, 5.74) is 0. The lowest BCUT2D eigenvalue weighted by atomic mass is 9.81. The van der Waals surface area contributed by atoms with Crippen molar-refractivity contribution in [1.29, 1.82) is 0 Å². The maximum atomic E-state index is 4.00. The van der Waals surface area contributed by atoms with E-state index in [2.05, 4.69) is 15.5 Å². The van der Waals surface area contributed by atoms with Crippen LogP contribution in [0.15, 0.2) is 0 Å². The van der Waals surface area contributed by atoms with Crippen LogP contribution < -0.4 is 0 Å². The minimum Gasteiger partial charge on any atom is -0.0683 e. The molecule has 0 rings (SSSR count). The Morgan fingerprint density at radius 1 is 0.333 bits per heavy atom.